The first kappa shape index (κ1) is 22.6. The highest BCUT2D eigenvalue weighted by Crippen LogP contribution is 2.25. The molecule has 31 heavy (non-hydrogen) atoms. The molecule has 1 aliphatic rings. The Balaban J connectivity index is 1.59. The van der Waals surface area contributed by atoms with Crippen LogP contribution >= 0.6 is 11.6 Å². The van der Waals surface area contributed by atoms with E-state index in [0.717, 1.165) is 5.56 Å². The zero-order chi connectivity index (χ0) is 22.4. The van der Waals surface area contributed by atoms with E-state index < -0.39 is 5.92 Å². The molecule has 0 radical (unpaired) electrons. The fraction of sp³-hybridized carbons (Fsp3) is 0.348. The highest BCUT2D eigenvalue weighted by molar-refractivity contribution is 6.31. The van der Waals surface area contributed by atoms with Gasteiger partial charge in [0.25, 0.3) is 0 Å². The number of anilines is 1. The minimum absolute atomic E-state index is 0.0816. The summed E-state index contributed by atoms with van der Waals surface area (Å²) in [5, 5.41) is 3.37. The molecule has 0 spiro atoms. The van der Waals surface area contributed by atoms with Gasteiger partial charge in [-0.2, -0.15) is 0 Å². The van der Waals surface area contributed by atoms with Gasteiger partial charge in [0.2, 0.25) is 17.7 Å². The highest BCUT2D eigenvalue weighted by atomic mass is 35.5. The lowest BCUT2D eigenvalue weighted by molar-refractivity contribution is -0.138. The van der Waals surface area contributed by atoms with Crippen LogP contribution in [0, 0.1) is 5.92 Å². The van der Waals surface area contributed by atoms with Crippen LogP contribution in [-0.4, -0.2) is 54.3 Å². The van der Waals surface area contributed by atoms with Gasteiger partial charge in [-0.15, -0.1) is 0 Å². The summed E-state index contributed by atoms with van der Waals surface area (Å²) in [6.45, 7) is 2.79. The summed E-state index contributed by atoms with van der Waals surface area (Å²) in [7, 11) is 1.55. The number of hydrogen-bond acceptors (Lipinski definition) is 4. The van der Waals surface area contributed by atoms with Crippen molar-refractivity contribution < 1.29 is 19.1 Å². The van der Waals surface area contributed by atoms with Crippen molar-refractivity contribution in [1.82, 2.24) is 9.80 Å². The lowest BCUT2D eigenvalue weighted by atomic mass is 10.1. The van der Waals surface area contributed by atoms with Crippen LogP contribution in [0.5, 0.6) is 5.75 Å². The topological polar surface area (TPSA) is 79.0 Å². The molecule has 1 heterocycles. The van der Waals surface area contributed by atoms with Gasteiger partial charge in [0.1, 0.15) is 5.75 Å². The van der Waals surface area contributed by atoms with Gasteiger partial charge >= 0.3 is 0 Å². The van der Waals surface area contributed by atoms with Crippen molar-refractivity contribution in [1.29, 1.82) is 0 Å². The maximum Gasteiger partial charge on any atom is 0.243 e. The fourth-order valence-corrected chi connectivity index (χ4v) is 3.80. The SMILES string of the molecule is CCN(CC(=O)Nc1cccc(OC)c1)C(=O)[C@H]1CC(=O)N(Cc2ccccc2Cl)C1. The van der Waals surface area contributed by atoms with Crippen molar-refractivity contribution in [2.75, 3.05) is 32.1 Å². The zero-order valence-corrected chi connectivity index (χ0v) is 18.4. The summed E-state index contributed by atoms with van der Waals surface area (Å²) in [6.07, 6.45) is 0.136. The smallest absolute Gasteiger partial charge is 0.243 e. The molecule has 1 saturated heterocycles. The molecular weight excluding hydrogens is 418 g/mol. The highest BCUT2D eigenvalue weighted by Gasteiger charge is 2.36. The molecule has 164 valence electrons. The van der Waals surface area contributed by atoms with E-state index in [0.29, 0.717) is 36.1 Å². The zero-order valence-electron chi connectivity index (χ0n) is 17.6. The van der Waals surface area contributed by atoms with Gasteiger partial charge in [-0.25, -0.2) is 0 Å². The van der Waals surface area contributed by atoms with Crippen molar-refractivity contribution in [3.63, 3.8) is 0 Å². The first-order valence-corrected chi connectivity index (χ1v) is 10.5. The second kappa shape index (κ2) is 10.3. The second-order valence-electron chi connectivity index (χ2n) is 7.40. The van der Waals surface area contributed by atoms with Gasteiger partial charge in [0.15, 0.2) is 0 Å². The van der Waals surface area contributed by atoms with Crippen LogP contribution in [0.4, 0.5) is 5.69 Å². The number of benzene rings is 2. The monoisotopic (exact) mass is 443 g/mol. The van der Waals surface area contributed by atoms with Crippen LogP contribution in [0.3, 0.4) is 0 Å². The number of methoxy groups -OCH3 is 1. The number of amides is 3. The number of carbonyl (C=O) groups is 3. The summed E-state index contributed by atoms with van der Waals surface area (Å²) < 4.78 is 5.15. The molecule has 0 aromatic heterocycles. The standard InChI is InChI=1S/C23H26ClN3O4/c1-3-26(15-21(28)25-18-8-6-9-19(12-18)31-2)23(30)17-11-22(29)27(14-17)13-16-7-4-5-10-20(16)24/h4-10,12,17H,3,11,13-15H2,1-2H3,(H,25,28)/t17-/m0/s1. The average molecular weight is 444 g/mol. The Morgan fingerprint density at radius 1 is 1.23 bits per heavy atom. The van der Waals surface area contributed by atoms with Gasteiger partial charge < -0.3 is 19.9 Å². The van der Waals surface area contributed by atoms with Crippen molar-refractivity contribution in [2.45, 2.75) is 19.9 Å². The molecule has 3 amide bonds. The molecule has 2 aromatic rings. The Bertz CT molecular complexity index is 965. The third-order valence-electron chi connectivity index (χ3n) is 5.26. The van der Waals surface area contributed by atoms with E-state index in [1.807, 2.05) is 25.1 Å². The Labute approximate surface area is 186 Å². The van der Waals surface area contributed by atoms with E-state index in [2.05, 4.69) is 5.32 Å². The lowest BCUT2D eigenvalue weighted by Gasteiger charge is -2.24. The van der Waals surface area contributed by atoms with Gasteiger partial charge in [-0.05, 0) is 30.7 Å². The minimum Gasteiger partial charge on any atom is -0.497 e. The maximum absolute atomic E-state index is 13.0. The molecule has 7 nitrogen and oxygen atoms in total. The summed E-state index contributed by atoms with van der Waals surface area (Å²) >= 11 is 6.20. The summed E-state index contributed by atoms with van der Waals surface area (Å²) in [5.41, 5.74) is 1.44. The number of likely N-dealkylation sites (N-methyl/N-ethyl adjacent to an activating group) is 1. The molecule has 2 aromatic carbocycles. The van der Waals surface area contributed by atoms with Crippen molar-refractivity contribution >= 4 is 35.0 Å². The summed E-state index contributed by atoms with van der Waals surface area (Å²) in [6, 6.07) is 14.4. The van der Waals surface area contributed by atoms with Crippen LogP contribution in [0.1, 0.15) is 18.9 Å². The van der Waals surface area contributed by atoms with Crippen LogP contribution in [-0.2, 0) is 20.9 Å². The van der Waals surface area contributed by atoms with Gasteiger partial charge in [-0.3, -0.25) is 14.4 Å². The first-order valence-electron chi connectivity index (χ1n) is 10.1. The van der Waals surface area contributed by atoms with Crippen LogP contribution < -0.4 is 10.1 Å². The number of halogens is 1. The van der Waals surface area contributed by atoms with Gasteiger partial charge in [0, 0.05) is 42.8 Å². The average Bonchev–Trinajstić information content (AvgIpc) is 3.13. The quantitative estimate of drug-likeness (QED) is 0.679. The molecule has 1 atom stereocenters. The Morgan fingerprint density at radius 2 is 2.00 bits per heavy atom. The normalized spacial score (nSPS) is 15.6. The molecule has 0 saturated carbocycles. The number of nitrogens with zero attached hydrogens (tertiary/aromatic N) is 2. The molecule has 1 aliphatic heterocycles. The number of nitrogens with one attached hydrogen (secondary N) is 1. The molecule has 0 unspecified atom stereocenters. The van der Waals surface area contributed by atoms with E-state index in [1.54, 1.807) is 42.3 Å². The second-order valence-corrected chi connectivity index (χ2v) is 7.81. The van der Waals surface area contributed by atoms with Crippen LogP contribution in [0.2, 0.25) is 5.02 Å². The van der Waals surface area contributed by atoms with E-state index in [1.165, 1.54) is 4.90 Å². The molecular formula is C23H26ClN3O4. The third kappa shape index (κ3) is 5.76. The van der Waals surface area contributed by atoms with Crippen molar-refractivity contribution in [3.8, 4) is 5.75 Å². The predicted octanol–water partition coefficient (Wildman–Crippen LogP) is 3.18. The molecule has 8 heteroatoms. The predicted molar refractivity (Wildman–Crippen MR) is 119 cm³/mol. The number of ether oxygens (including phenoxy) is 1. The van der Waals surface area contributed by atoms with E-state index in [4.69, 9.17) is 16.3 Å². The Hall–Kier alpha value is -3.06. The third-order valence-corrected chi connectivity index (χ3v) is 5.63. The Kier molecular flexibility index (Phi) is 7.52. The molecule has 3 rings (SSSR count). The van der Waals surface area contributed by atoms with Gasteiger partial charge in [0.05, 0.1) is 19.6 Å². The maximum atomic E-state index is 13.0. The Morgan fingerprint density at radius 3 is 2.71 bits per heavy atom. The number of hydrogen-bond donors (Lipinski definition) is 1. The van der Waals surface area contributed by atoms with E-state index in [-0.39, 0.29) is 30.7 Å². The first-order chi connectivity index (χ1) is 14.9. The van der Waals surface area contributed by atoms with Gasteiger partial charge in [-0.1, -0.05) is 35.9 Å². The molecule has 0 bridgehead atoms. The number of rotatable bonds is 8. The molecule has 1 fully saturated rings. The fourth-order valence-electron chi connectivity index (χ4n) is 3.60. The van der Waals surface area contributed by atoms with Crippen molar-refractivity contribution in [2.24, 2.45) is 5.92 Å². The summed E-state index contributed by atoms with van der Waals surface area (Å²) in [4.78, 5) is 41.1. The van der Waals surface area contributed by atoms with Crippen LogP contribution in [0.25, 0.3) is 0 Å². The van der Waals surface area contributed by atoms with E-state index >= 15 is 0 Å². The number of carbonyl (C=O) groups excluding carboxylic acids is 3. The summed E-state index contributed by atoms with van der Waals surface area (Å²) in [5.74, 6) is -0.432. The minimum atomic E-state index is -0.473. The lowest BCUT2D eigenvalue weighted by Crippen LogP contribution is -2.42. The largest absolute Gasteiger partial charge is 0.497 e. The van der Waals surface area contributed by atoms with Crippen molar-refractivity contribution in [3.05, 3.63) is 59.1 Å². The number of likely N-dealkylation sites (tertiary alicyclic amines) is 1. The molecule has 0 aliphatic carbocycles. The van der Waals surface area contributed by atoms with E-state index in [9.17, 15) is 14.4 Å². The molecule has 1 N–H and O–H groups in total. The van der Waals surface area contributed by atoms with Crippen LogP contribution in [0.15, 0.2) is 48.5 Å².